The minimum Gasteiger partial charge on any atom is -0.475 e. The highest BCUT2D eigenvalue weighted by Crippen LogP contribution is 2.32. The summed E-state index contributed by atoms with van der Waals surface area (Å²) in [5.41, 5.74) is 3.88. The molecule has 4 heterocycles. The van der Waals surface area contributed by atoms with Crippen molar-refractivity contribution in [3.05, 3.63) is 66.4 Å². The van der Waals surface area contributed by atoms with E-state index in [0.29, 0.717) is 25.1 Å². The maximum absolute atomic E-state index is 12.2. The number of hydrogen-bond donors (Lipinski definition) is 3. The van der Waals surface area contributed by atoms with Crippen molar-refractivity contribution >= 4 is 34.5 Å². The Bertz CT molecular complexity index is 1700. The predicted molar refractivity (Wildman–Crippen MR) is 173 cm³/mol. The number of ether oxygens (including phenoxy) is 1. The van der Waals surface area contributed by atoms with Crippen LogP contribution in [0.25, 0.3) is 22.4 Å². The van der Waals surface area contributed by atoms with Crippen LogP contribution >= 0.6 is 0 Å². The van der Waals surface area contributed by atoms with Crippen molar-refractivity contribution < 1.29 is 32.6 Å². The number of amides is 2. The van der Waals surface area contributed by atoms with Crippen molar-refractivity contribution in [1.29, 1.82) is 0 Å². The molecule has 0 atom stereocenters. The molecule has 254 valence electrons. The monoisotopic (exact) mass is 666 g/mol. The van der Waals surface area contributed by atoms with E-state index in [1.807, 2.05) is 30.5 Å². The summed E-state index contributed by atoms with van der Waals surface area (Å²) in [6.45, 7) is 5.96. The van der Waals surface area contributed by atoms with Gasteiger partial charge in [0.25, 0.3) is 0 Å². The molecule has 0 spiro atoms. The van der Waals surface area contributed by atoms with Crippen LogP contribution < -0.4 is 15.5 Å². The van der Waals surface area contributed by atoms with Gasteiger partial charge in [-0.05, 0) is 55.5 Å². The summed E-state index contributed by atoms with van der Waals surface area (Å²) in [6, 6.07) is 18.9. The summed E-state index contributed by atoms with van der Waals surface area (Å²) in [5, 5.41) is 18.9. The Morgan fingerprint density at radius 3 is 2.21 bits per heavy atom. The van der Waals surface area contributed by atoms with Crippen LogP contribution in [0, 0.1) is 0 Å². The number of morpholine rings is 1. The summed E-state index contributed by atoms with van der Waals surface area (Å²) in [7, 11) is 0. The smallest absolute Gasteiger partial charge is 0.475 e. The predicted octanol–water partition coefficient (Wildman–Crippen LogP) is 5.08. The minimum atomic E-state index is -5.08. The van der Waals surface area contributed by atoms with E-state index in [9.17, 15) is 18.0 Å². The van der Waals surface area contributed by atoms with Gasteiger partial charge in [0.2, 0.25) is 0 Å². The number of rotatable bonds is 7. The summed E-state index contributed by atoms with van der Waals surface area (Å²) in [5.74, 6) is -1.18. The van der Waals surface area contributed by atoms with E-state index >= 15 is 0 Å². The Labute approximate surface area is 274 Å². The summed E-state index contributed by atoms with van der Waals surface area (Å²) >= 11 is 0. The molecule has 4 aromatic rings. The topological polar surface area (TPSA) is 138 Å². The van der Waals surface area contributed by atoms with Crippen LogP contribution in [0.15, 0.2) is 60.8 Å². The number of aromatic nitrogens is 4. The minimum absolute atomic E-state index is 0.161. The van der Waals surface area contributed by atoms with Gasteiger partial charge in [-0.15, -0.1) is 0 Å². The highest BCUT2D eigenvalue weighted by atomic mass is 19.4. The fraction of sp³-hybridized carbons (Fsp3) is 0.424. The van der Waals surface area contributed by atoms with Gasteiger partial charge >= 0.3 is 18.2 Å². The largest absolute Gasteiger partial charge is 0.490 e. The second-order valence-corrected chi connectivity index (χ2v) is 12.0. The SMILES string of the molecule is O=C(Nc1ccc(-c2nc(N3CCOCC3)c3cnn(C4CCN(Cc5ccccc5)CC4)c3n2)cc1)NC1CC1.O=C(O)C(F)(F)F. The van der Waals surface area contributed by atoms with Gasteiger partial charge in [0.1, 0.15) is 5.82 Å². The number of carbonyl (C=O) groups is 2. The average Bonchev–Trinajstić information content (AvgIpc) is 3.80. The molecule has 1 saturated carbocycles. The zero-order valence-electron chi connectivity index (χ0n) is 26.2. The summed E-state index contributed by atoms with van der Waals surface area (Å²) < 4.78 is 39.5. The summed E-state index contributed by atoms with van der Waals surface area (Å²) in [6.07, 6.45) is 1.02. The lowest BCUT2D eigenvalue weighted by Gasteiger charge is -2.32. The molecule has 7 rings (SSSR count). The molecule has 2 saturated heterocycles. The number of anilines is 2. The number of carboxylic acid groups (broad SMARTS) is 1. The number of benzene rings is 2. The number of nitrogens with one attached hydrogen (secondary N) is 2. The van der Waals surface area contributed by atoms with Crippen LogP contribution in [0.5, 0.6) is 0 Å². The summed E-state index contributed by atoms with van der Waals surface area (Å²) in [4.78, 5) is 36.0. The number of likely N-dealkylation sites (tertiary alicyclic amines) is 1. The van der Waals surface area contributed by atoms with E-state index in [4.69, 9.17) is 29.7 Å². The van der Waals surface area contributed by atoms with E-state index < -0.39 is 12.1 Å². The molecule has 0 unspecified atom stereocenters. The molecule has 3 aliphatic rings. The average molecular weight is 667 g/mol. The van der Waals surface area contributed by atoms with Gasteiger partial charge in [-0.3, -0.25) is 4.90 Å². The van der Waals surface area contributed by atoms with Crippen molar-refractivity contribution in [2.24, 2.45) is 0 Å². The van der Waals surface area contributed by atoms with E-state index in [2.05, 4.69) is 55.4 Å². The molecule has 2 amide bonds. The number of carboxylic acids is 1. The fourth-order valence-corrected chi connectivity index (χ4v) is 5.77. The lowest BCUT2D eigenvalue weighted by molar-refractivity contribution is -0.192. The number of alkyl halides is 3. The first-order valence-corrected chi connectivity index (χ1v) is 16.0. The maximum atomic E-state index is 12.2. The number of urea groups is 1. The highest BCUT2D eigenvalue weighted by Gasteiger charge is 2.38. The third kappa shape index (κ3) is 8.39. The van der Waals surface area contributed by atoms with Gasteiger partial charge < -0.3 is 25.4 Å². The quantitative estimate of drug-likeness (QED) is 0.247. The molecular formula is C33H37F3N8O4. The Morgan fingerprint density at radius 2 is 1.58 bits per heavy atom. The van der Waals surface area contributed by atoms with Crippen LogP contribution in [-0.2, 0) is 16.1 Å². The Balaban J connectivity index is 0.000000519. The second-order valence-electron chi connectivity index (χ2n) is 12.0. The van der Waals surface area contributed by atoms with E-state index in [1.54, 1.807) is 0 Å². The molecule has 2 aromatic heterocycles. The van der Waals surface area contributed by atoms with E-state index in [1.165, 1.54) is 5.56 Å². The van der Waals surface area contributed by atoms with Gasteiger partial charge in [0.05, 0.1) is 30.8 Å². The molecule has 0 radical (unpaired) electrons. The van der Waals surface area contributed by atoms with Gasteiger partial charge in [-0.25, -0.2) is 24.2 Å². The number of nitrogens with zero attached hydrogens (tertiary/aromatic N) is 6. The molecule has 3 N–H and O–H groups in total. The third-order valence-corrected chi connectivity index (χ3v) is 8.45. The van der Waals surface area contributed by atoms with Crippen LogP contribution in [0.3, 0.4) is 0 Å². The van der Waals surface area contributed by atoms with Crippen molar-refractivity contribution in [1.82, 2.24) is 30.0 Å². The molecule has 1 aliphatic carbocycles. The van der Waals surface area contributed by atoms with Crippen LogP contribution in [0.4, 0.5) is 29.5 Å². The standard InChI is InChI=1S/C31H36N8O2.C2HF3O2/c40-31(34-25-10-11-25)33-24-8-6-23(7-9-24)28-35-29(38-16-18-41-19-17-38)27-20-32-39(30(27)36-28)26-12-14-37(15-13-26)21-22-4-2-1-3-5-22;3-2(4,5)1(6)7/h1-9,20,25-26H,10-19,21H2,(H2,33,34,40);(H,6,7). The first-order valence-electron chi connectivity index (χ1n) is 16.0. The van der Waals surface area contributed by atoms with Gasteiger partial charge in [-0.1, -0.05) is 30.3 Å². The molecule has 0 bridgehead atoms. The van der Waals surface area contributed by atoms with Crippen molar-refractivity contribution in [2.75, 3.05) is 49.6 Å². The molecule has 15 heteroatoms. The number of fused-ring (bicyclic) bond motifs is 1. The Morgan fingerprint density at radius 1 is 0.917 bits per heavy atom. The van der Waals surface area contributed by atoms with E-state index in [0.717, 1.165) is 86.5 Å². The van der Waals surface area contributed by atoms with Gasteiger partial charge in [0, 0.05) is 50.0 Å². The second kappa shape index (κ2) is 14.6. The molecular weight excluding hydrogens is 629 g/mol. The van der Waals surface area contributed by atoms with Crippen LogP contribution in [-0.4, -0.2) is 93.4 Å². The normalized spacial score (nSPS) is 17.4. The number of carbonyl (C=O) groups excluding carboxylic acids is 1. The lowest BCUT2D eigenvalue weighted by Crippen LogP contribution is -2.37. The van der Waals surface area contributed by atoms with Crippen molar-refractivity contribution in [3.63, 3.8) is 0 Å². The molecule has 48 heavy (non-hydrogen) atoms. The molecule has 3 fully saturated rings. The van der Waals surface area contributed by atoms with Crippen molar-refractivity contribution in [2.45, 2.75) is 50.5 Å². The number of piperidine rings is 1. The highest BCUT2D eigenvalue weighted by molar-refractivity contribution is 5.91. The van der Waals surface area contributed by atoms with Crippen molar-refractivity contribution in [3.8, 4) is 11.4 Å². The Kier molecular flexibility index (Phi) is 10.1. The Hall–Kier alpha value is -4.76. The van der Waals surface area contributed by atoms with E-state index in [-0.39, 0.29) is 12.1 Å². The maximum Gasteiger partial charge on any atom is 0.490 e. The fourth-order valence-electron chi connectivity index (χ4n) is 5.77. The zero-order valence-corrected chi connectivity index (χ0v) is 26.2. The first kappa shape index (κ1) is 33.2. The molecule has 2 aromatic carbocycles. The molecule has 2 aliphatic heterocycles. The van der Waals surface area contributed by atoms with Gasteiger partial charge in [0.15, 0.2) is 11.5 Å². The number of aliphatic carboxylic acids is 1. The zero-order chi connectivity index (χ0) is 33.7. The van der Waals surface area contributed by atoms with Crippen LogP contribution in [0.2, 0.25) is 0 Å². The van der Waals surface area contributed by atoms with Crippen LogP contribution in [0.1, 0.15) is 37.3 Å². The first-order chi connectivity index (χ1) is 23.1. The molecule has 12 nitrogen and oxygen atoms in total. The number of hydrogen-bond acceptors (Lipinski definition) is 8. The van der Waals surface area contributed by atoms with Gasteiger partial charge in [-0.2, -0.15) is 18.3 Å². The number of halogens is 3. The lowest BCUT2D eigenvalue weighted by atomic mass is 10.0. The third-order valence-electron chi connectivity index (χ3n) is 8.45.